The minimum atomic E-state index is -1.17. The van der Waals surface area contributed by atoms with Crippen LogP contribution in [0.5, 0.6) is 0 Å². The van der Waals surface area contributed by atoms with E-state index in [1.807, 2.05) is 61.5 Å². The van der Waals surface area contributed by atoms with Crippen molar-refractivity contribution in [3.8, 4) is 11.1 Å². The van der Waals surface area contributed by atoms with Crippen LogP contribution < -0.4 is 0 Å². The van der Waals surface area contributed by atoms with Gasteiger partial charge in [0.25, 0.3) is 0 Å². The molecule has 5 rings (SSSR count). The van der Waals surface area contributed by atoms with Gasteiger partial charge in [-0.25, -0.2) is 0 Å². The van der Waals surface area contributed by atoms with Gasteiger partial charge in [-0.05, 0) is 41.8 Å². The first kappa shape index (κ1) is 17.7. The Bertz CT molecular complexity index is 1260. The van der Waals surface area contributed by atoms with Crippen molar-refractivity contribution in [3.05, 3.63) is 107 Å². The summed E-state index contributed by atoms with van der Waals surface area (Å²) >= 11 is 0. The van der Waals surface area contributed by atoms with E-state index < -0.39 is 5.60 Å². The van der Waals surface area contributed by atoms with Crippen LogP contribution >= 0.6 is 0 Å². The van der Waals surface area contributed by atoms with Crippen molar-refractivity contribution in [2.24, 2.45) is 7.05 Å². The summed E-state index contributed by atoms with van der Waals surface area (Å²) in [5, 5.41) is 13.2. The zero-order valence-corrected chi connectivity index (χ0v) is 16.7. The maximum absolute atomic E-state index is 12.1. The number of nitrogens with zero attached hydrogens (tertiary/aromatic N) is 1. The molecule has 1 aliphatic rings. The van der Waals surface area contributed by atoms with Crippen LogP contribution in [0.4, 0.5) is 0 Å². The van der Waals surface area contributed by atoms with Crippen molar-refractivity contribution >= 4 is 23.1 Å². The zero-order chi connectivity index (χ0) is 20.2. The van der Waals surface area contributed by atoms with E-state index in [1.54, 1.807) is 0 Å². The minimum absolute atomic E-state index is 0.878. The molecule has 0 bridgehead atoms. The molecule has 0 saturated heterocycles. The Labute approximate surface area is 171 Å². The van der Waals surface area contributed by atoms with E-state index in [-0.39, 0.29) is 0 Å². The van der Waals surface area contributed by atoms with Crippen molar-refractivity contribution in [1.29, 1.82) is 0 Å². The SMILES string of the molecule is C=Cc1c(/C=C\C)n(C)c2ccc(C3(O)c4ccccc4-c4ccccc43)cc12. The Balaban J connectivity index is 1.83. The molecule has 29 heavy (non-hydrogen) atoms. The van der Waals surface area contributed by atoms with Crippen molar-refractivity contribution in [2.75, 3.05) is 0 Å². The molecule has 0 amide bonds. The maximum atomic E-state index is 12.1. The lowest BCUT2D eigenvalue weighted by Gasteiger charge is -2.26. The Hall–Kier alpha value is -3.36. The van der Waals surface area contributed by atoms with E-state index >= 15 is 0 Å². The molecule has 0 radical (unpaired) electrons. The molecular formula is C27H23NO. The summed E-state index contributed by atoms with van der Waals surface area (Å²) in [5.41, 5.74) is 7.10. The number of aliphatic hydroxyl groups is 1. The molecule has 2 nitrogen and oxygen atoms in total. The Morgan fingerprint density at radius 2 is 1.55 bits per heavy atom. The van der Waals surface area contributed by atoms with Crippen molar-refractivity contribution in [1.82, 2.24) is 4.57 Å². The van der Waals surface area contributed by atoms with Gasteiger partial charge in [-0.2, -0.15) is 0 Å². The third-order valence-corrected chi connectivity index (χ3v) is 6.16. The van der Waals surface area contributed by atoms with Crippen LogP contribution in [0.1, 0.15) is 34.9 Å². The van der Waals surface area contributed by atoms with Gasteiger partial charge in [0.1, 0.15) is 5.60 Å². The van der Waals surface area contributed by atoms with Gasteiger partial charge in [-0.1, -0.05) is 73.3 Å². The highest BCUT2D eigenvalue weighted by Crippen LogP contribution is 2.51. The third kappa shape index (κ3) is 2.27. The van der Waals surface area contributed by atoms with Crippen LogP contribution in [0.3, 0.4) is 0 Å². The van der Waals surface area contributed by atoms with Crippen LogP contribution in [0.15, 0.2) is 79.4 Å². The fourth-order valence-corrected chi connectivity index (χ4v) is 4.81. The second kappa shape index (κ2) is 6.33. The van der Waals surface area contributed by atoms with Crippen molar-refractivity contribution in [3.63, 3.8) is 0 Å². The summed E-state index contributed by atoms with van der Waals surface area (Å²) in [7, 11) is 2.07. The Morgan fingerprint density at radius 3 is 2.14 bits per heavy atom. The first-order valence-corrected chi connectivity index (χ1v) is 9.91. The number of aromatic nitrogens is 1. The van der Waals surface area contributed by atoms with Gasteiger partial charge < -0.3 is 9.67 Å². The van der Waals surface area contributed by atoms with Crippen LogP contribution in [0.2, 0.25) is 0 Å². The van der Waals surface area contributed by atoms with Crippen LogP contribution in [0.25, 0.3) is 34.2 Å². The average molecular weight is 377 g/mol. The lowest BCUT2D eigenvalue weighted by molar-refractivity contribution is 0.131. The largest absolute Gasteiger partial charge is 0.376 e. The third-order valence-electron chi connectivity index (χ3n) is 6.16. The van der Waals surface area contributed by atoms with E-state index in [0.717, 1.165) is 50.0 Å². The number of fused-ring (bicyclic) bond motifs is 4. The molecule has 1 aromatic heterocycles. The average Bonchev–Trinajstić information content (AvgIpc) is 3.18. The van der Waals surface area contributed by atoms with Crippen molar-refractivity contribution < 1.29 is 5.11 Å². The maximum Gasteiger partial charge on any atom is 0.141 e. The topological polar surface area (TPSA) is 25.2 Å². The predicted octanol–water partition coefficient (Wildman–Crippen LogP) is 6.12. The molecular weight excluding hydrogens is 354 g/mol. The predicted molar refractivity (Wildman–Crippen MR) is 122 cm³/mol. The molecule has 0 atom stereocenters. The second-order valence-corrected chi connectivity index (χ2v) is 7.60. The highest BCUT2D eigenvalue weighted by molar-refractivity contribution is 5.95. The number of rotatable bonds is 3. The van der Waals surface area contributed by atoms with Gasteiger partial charge in [0, 0.05) is 40.3 Å². The highest BCUT2D eigenvalue weighted by Gasteiger charge is 2.42. The number of allylic oxidation sites excluding steroid dienone is 1. The van der Waals surface area contributed by atoms with E-state index in [9.17, 15) is 5.11 Å². The van der Waals surface area contributed by atoms with Crippen molar-refractivity contribution in [2.45, 2.75) is 12.5 Å². The van der Waals surface area contributed by atoms with Gasteiger partial charge in [0.2, 0.25) is 0 Å². The number of hydrogen-bond acceptors (Lipinski definition) is 1. The summed E-state index contributed by atoms with van der Waals surface area (Å²) in [4.78, 5) is 0. The molecule has 0 saturated carbocycles. The monoisotopic (exact) mass is 377 g/mol. The molecule has 4 aromatic rings. The molecule has 142 valence electrons. The molecule has 0 fully saturated rings. The second-order valence-electron chi connectivity index (χ2n) is 7.60. The highest BCUT2D eigenvalue weighted by atomic mass is 16.3. The van der Waals surface area contributed by atoms with Gasteiger partial charge in [0.15, 0.2) is 0 Å². The quantitative estimate of drug-likeness (QED) is 0.457. The first-order chi connectivity index (χ1) is 14.1. The molecule has 1 heterocycles. The molecule has 3 aromatic carbocycles. The minimum Gasteiger partial charge on any atom is -0.376 e. The molecule has 1 aliphatic carbocycles. The lowest BCUT2D eigenvalue weighted by Crippen LogP contribution is -2.26. The smallest absolute Gasteiger partial charge is 0.141 e. The summed E-state index contributed by atoms with van der Waals surface area (Å²) < 4.78 is 2.18. The van der Waals surface area contributed by atoms with Gasteiger partial charge in [-0.3, -0.25) is 0 Å². The number of benzene rings is 3. The van der Waals surface area contributed by atoms with E-state index in [1.165, 1.54) is 0 Å². The standard InChI is InChI=1S/C27H23NO/c1-4-10-25-19(5-2)22-17-18(15-16-26(22)28(25)3)27(29)23-13-8-6-11-20(23)21-12-7-9-14-24(21)27/h4-17,29H,2H2,1,3H3/b10-4-. The van der Waals surface area contributed by atoms with Gasteiger partial charge >= 0.3 is 0 Å². The molecule has 0 unspecified atom stereocenters. The number of aryl methyl sites for hydroxylation is 1. The molecule has 0 spiro atoms. The molecule has 2 heteroatoms. The fraction of sp³-hybridized carbons (Fsp3) is 0.111. The van der Waals surface area contributed by atoms with Crippen LogP contribution in [-0.2, 0) is 12.6 Å². The summed E-state index contributed by atoms with van der Waals surface area (Å²) in [5.74, 6) is 0. The fourth-order valence-electron chi connectivity index (χ4n) is 4.81. The zero-order valence-electron chi connectivity index (χ0n) is 16.7. The van der Waals surface area contributed by atoms with E-state index in [4.69, 9.17) is 0 Å². The molecule has 1 N–H and O–H groups in total. The van der Waals surface area contributed by atoms with Crippen LogP contribution in [-0.4, -0.2) is 9.67 Å². The summed E-state index contributed by atoms with van der Waals surface area (Å²) in [6, 6.07) is 22.6. The Kier molecular flexibility index (Phi) is 3.87. The number of hydrogen-bond donors (Lipinski definition) is 1. The summed E-state index contributed by atoms with van der Waals surface area (Å²) in [6.07, 6.45) is 6.05. The normalized spacial score (nSPS) is 14.3. The van der Waals surface area contributed by atoms with E-state index in [0.29, 0.717) is 0 Å². The van der Waals surface area contributed by atoms with Gasteiger partial charge in [-0.15, -0.1) is 0 Å². The van der Waals surface area contributed by atoms with Gasteiger partial charge in [0.05, 0.1) is 0 Å². The lowest BCUT2D eigenvalue weighted by atomic mass is 9.83. The van der Waals surface area contributed by atoms with Crippen LogP contribution in [0, 0.1) is 0 Å². The summed E-state index contributed by atoms with van der Waals surface area (Å²) in [6.45, 7) is 6.06. The molecule has 0 aliphatic heterocycles. The Morgan fingerprint density at radius 1 is 0.931 bits per heavy atom. The van der Waals surface area contributed by atoms with E-state index in [2.05, 4.69) is 48.5 Å². The first-order valence-electron chi connectivity index (χ1n) is 9.91.